The molecule has 1 fully saturated rings. The second-order valence-corrected chi connectivity index (χ2v) is 6.94. The second-order valence-electron chi connectivity index (χ2n) is 6.94. The molecule has 1 aromatic carbocycles. The molecule has 1 saturated heterocycles. The number of likely N-dealkylation sites (tertiary alicyclic amines) is 1. The number of fused-ring (bicyclic) bond motifs is 1. The maximum Gasteiger partial charge on any atom is 0.0586 e. The lowest BCUT2D eigenvalue weighted by Gasteiger charge is -2.51. The van der Waals surface area contributed by atoms with Crippen LogP contribution < -0.4 is 5.73 Å². The predicted molar refractivity (Wildman–Crippen MR) is 84.6 cm³/mol. The maximum absolute atomic E-state index is 6.32. The Labute approximate surface area is 123 Å². The summed E-state index contributed by atoms with van der Waals surface area (Å²) in [5.74, 6) is 1.63. The number of piperidine rings is 1. The Balaban J connectivity index is 1.96. The van der Waals surface area contributed by atoms with Crippen molar-refractivity contribution in [2.45, 2.75) is 45.1 Å². The third-order valence-corrected chi connectivity index (χ3v) is 5.83. The fourth-order valence-corrected chi connectivity index (χ4v) is 4.22. The Kier molecular flexibility index (Phi) is 3.87. The Morgan fingerprint density at radius 1 is 1.25 bits per heavy atom. The fraction of sp³-hybridized carbons (Fsp3) is 0.667. The van der Waals surface area contributed by atoms with Gasteiger partial charge in [0.05, 0.1) is 5.54 Å². The summed E-state index contributed by atoms with van der Waals surface area (Å²) in [6.07, 6.45) is 5.03. The molecule has 0 bridgehead atoms. The first kappa shape index (κ1) is 14.1. The minimum Gasteiger partial charge on any atom is -0.328 e. The molecule has 2 nitrogen and oxygen atoms in total. The monoisotopic (exact) mass is 272 g/mol. The quantitative estimate of drug-likeness (QED) is 0.896. The Morgan fingerprint density at radius 3 is 2.80 bits per heavy atom. The lowest BCUT2D eigenvalue weighted by molar-refractivity contribution is 0.0167. The van der Waals surface area contributed by atoms with Crippen LogP contribution in [0.25, 0.3) is 0 Å². The van der Waals surface area contributed by atoms with Crippen molar-refractivity contribution in [3.05, 3.63) is 35.4 Å². The third-order valence-electron chi connectivity index (χ3n) is 5.83. The van der Waals surface area contributed by atoms with E-state index >= 15 is 0 Å². The largest absolute Gasteiger partial charge is 0.328 e. The van der Waals surface area contributed by atoms with Gasteiger partial charge in [0.25, 0.3) is 0 Å². The first-order chi connectivity index (χ1) is 9.67. The Hall–Kier alpha value is -0.860. The normalized spacial score (nSPS) is 34.8. The van der Waals surface area contributed by atoms with Crippen LogP contribution in [-0.2, 0) is 12.0 Å². The van der Waals surface area contributed by atoms with Gasteiger partial charge in [-0.2, -0.15) is 0 Å². The molecule has 20 heavy (non-hydrogen) atoms. The molecule has 2 N–H and O–H groups in total. The van der Waals surface area contributed by atoms with Crippen LogP contribution in [-0.4, -0.2) is 24.5 Å². The van der Waals surface area contributed by atoms with Crippen molar-refractivity contribution in [3.63, 3.8) is 0 Å². The smallest absolute Gasteiger partial charge is 0.0586 e. The van der Waals surface area contributed by atoms with E-state index < -0.39 is 0 Å². The van der Waals surface area contributed by atoms with Crippen molar-refractivity contribution in [3.8, 4) is 0 Å². The molecule has 0 aromatic heterocycles. The number of nitrogens with zero attached hydrogens (tertiary/aromatic N) is 1. The molecule has 3 rings (SSSR count). The zero-order valence-corrected chi connectivity index (χ0v) is 12.9. The molecule has 2 aliphatic rings. The van der Waals surface area contributed by atoms with E-state index in [-0.39, 0.29) is 5.54 Å². The van der Waals surface area contributed by atoms with Gasteiger partial charge in [0.2, 0.25) is 0 Å². The molecule has 1 heterocycles. The minimum atomic E-state index is 0.100. The van der Waals surface area contributed by atoms with Crippen molar-refractivity contribution in [2.75, 3.05) is 19.6 Å². The number of hydrogen-bond acceptors (Lipinski definition) is 2. The molecular weight excluding hydrogens is 244 g/mol. The van der Waals surface area contributed by atoms with E-state index in [4.69, 9.17) is 5.73 Å². The van der Waals surface area contributed by atoms with Crippen molar-refractivity contribution in [2.24, 2.45) is 17.6 Å². The van der Waals surface area contributed by atoms with Gasteiger partial charge < -0.3 is 5.73 Å². The van der Waals surface area contributed by atoms with Crippen molar-refractivity contribution in [1.29, 1.82) is 0 Å². The molecule has 3 atom stereocenters. The van der Waals surface area contributed by atoms with Crippen molar-refractivity contribution in [1.82, 2.24) is 4.90 Å². The van der Waals surface area contributed by atoms with Crippen LogP contribution in [0.5, 0.6) is 0 Å². The lowest BCUT2D eigenvalue weighted by atomic mass is 9.73. The number of rotatable bonds is 2. The SMILES string of the molecule is CC1CCN(C2(CN)CCCc3ccccc32)CC1C. The van der Waals surface area contributed by atoms with Gasteiger partial charge in [0.15, 0.2) is 0 Å². The highest BCUT2D eigenvalue weighted by atomic mass is 15.2. The molecular formula is C18H28N2. The molecule has 110 valence electrons. The van der Waals surface area contributed by atoms with E-state index in [1.54, 1.807) is 0 Å². The zero-order chi connectivity index (χ0) is 14.2. The summed E-state index contributed by atoms with van der Waals surface area (Å²) in [5, 5.41) is 0. The van der Waals surface area contributed by atoms with Gasteiger partial charge in [-0.15, -0.1) is 0 Å². The minimum absolute atomic E-state index is 0.100. The van der Waals surface area contributed by atoms with E-state index in [0.717, 1.165) is 18.4 Å². The summed E-state index contributed by atoms with van der Waals surface area (Å²) in [6.45, 7) is 7.95. The van der Waals surface area contributed by atoms with E-state index in [2.05, 4.69) is 43.0 Å². The number of benzene rings is 1. The number of nitrogens with two attached hydrogens (primary N) is 1. The van der Waals surface area contributed by atoms with E-state index in [9.17, 15) is 0 Å². The van der Waals surface area contributed by atoms with Crippen LogP contribution in [0, 0.1) is 11.8 Å². The lowest BCUT2D eigenvalue weighted by Crippen LogP contribution is -2.56. The maximum atomic E-state index is 6.32. The summed E-state index contributed by atoms with van der Waals surface area (Å²) < 4.78 is 0. The van der Waals surface area contributed by atoms with Crippen LogP contribution in [0.2, 0.25) is 0 Å². The van der Waals surface area contributed by atoms with Crippen LogP contribution in [0.15, 0.2) is 24.3 Å². The first-order valence-electron chi connectivity index (χ1n) is 8.21. The van der Waals surface area contributed by atoms with E-state index in [0.29, 0.717) is 0 Å². The highest BCUT2D eigenvalue weighted by Gasteiger charge is 2.42. The summed E-state index contributed by atoms with van der Waals surface area (Å²) in [7, 11) is 0. The molecule has 0 radical (unpaired) electrons. The number of hydrogen-bond donors (Lipinski definition) is 1. The fourth-order valence-electron chi connectivity index (χ4n) is 4.22. The average Bonchev–Trinajstić information content (AvgIpc) is 2.49. The van der Waals surface area contributed by atoms with Gasteiger partial charge in [-0.05, 0) is 55.2 Å². The van der Waals surface area contributed by atoms with Gasteiger partial charge in [-0.3, -0.25) is 4.90 Å². The van der Waals surface area contributed by atoms with Gasteiger partial charge >= 0.3 is 0 Å². The average molecular weight is 272 g/mol. The van der Waals surface area contributed by atoms with Gasteiger partial charge in [-0.25, -0.2) is 0 Å². The third kappa shape index (κ3) is 2.19. The molecule has 1 aliphatic carbocycles. The van der Waals surface area contributed by atoms with E-state index in [1.807, 2.05) is 0 Å². The number of aryl methyl sites for hydroxylation is 1. The highest BCUT2D eigenvalue weighted by Crippen LogP contribution is 2.42. The molecule has 3 unspecified atom stereocenters. The summed E-state index contributed by atoms with van der Waals surface area (Å²) in [5.41, 5.74) is 9.46. The van der Waals surface area contributed by atoms with Crippen LogP contribution >= 0.6 is 0 Å². The highest BCUT2D eigenvalue weighted by molar-refractivity contribution is 5.37. The summed E-state index contributed by atoms with van der Waals surface area (Å²) >= 11 is 0. The summed E-state index contributed by atoms with van der Waals surface area (Å²) in [4.78, 5) is 2.70. The van der Waals surface area contributed by atoms with Gasteiger partial charge in [0.1, 0.15) is 0 Å². The second kappa shape index (κ2) is 5.50. The van der Waals surface area contributed by atoms with Crippen molar-refractivity contribution < 1.29 is 0 Å². The van der Waals surface area contributed by atoms with E-state index in [1.165, 1.54) is 49.9 Å². The molecule has 0 saturated carbocycles. The first-order valence-corrected chi connectivity index (χ1v) is 8.21. The van der Waals surface area contributed by atoms with Gasteiger partial charge in [-0.1, -0.05) is 38.1 Å². The van der Waals surface area contributed by atoms with Crippen molar-refractivity contribution >= 4 is 0 Å². The molecule has 2 heteroatoms. The molecule has 0 spiro atoms. The van der Waals surface area contributed by atoms with Gasteiger partial charge in [0, 0.05) is 13.1 Å². The Bertz CT molecular complexity index is 470. The van der Waals surface area contributed by atoms with Crippen LogP contribution in [0.1, 0.15) is 44.2 Å². The molecule has 0 amide bonds. The summed E-state index contributed by atoms with van der Waals surface area (Å²) in [6, 6.07) is 8.98. The van der Waals surface area contributed by atoms with Crippen LogP contribution in [0.3, 0.4) is 0 Å². The topological polar surface area (TPSA) is 29.3 Å². The standard InChI is InChI=1S/C18H28N2/c1-14-9-11-20(12-15(14)2)18(13-19)10-5-7-16-6-3-4-8-17(16)18/h3-4,6,8,14-15H,5,7,9-13,19H2,1-2H3. The predicted octanol–water partition coefficient (Wildman–Crippen LogP) is 3.15. The molecule has 1 aliphatic heterocycles. The Morgan fingerprint density at radius 2 is 2.05 bits per heavy atom. The molecule has 1 aromatic rings. The zero-order valence-electron chi connectivity index (χ0n) is 12.9. The van der Waals surface area contributed by atoms with Crippen LogP contribution in [0.4, 0.5) is 0 Å².